The minimum Gasteiger partial charge on any atom is -0.458 e. The highest BCUT2D eigenvalue weighted by atomic mass is 16.6. The van der Waals surface area contributed by atoms with Crippen LogP contribution in [-0.4, -0.2) is 87.6 Å². The fraction of sp³-hybridized carbons (Fsp3) is 0.722. The molecule has 1 fully saturated rings. The minimum atomic E-state index is -2.51. The van der Waals surface area contributed by atoms with Crippen molar-refractivity contribution in [1.82, 2.24) is 0 Å². The summed E-state index contributed by atoms with van der Waals surface area (Å²) in [7, 11) is 0. The minimum absolute atomic E-state index is 0.295. The first-order chi connectivity index (χ1) is 22.5. The maximum Gasteiger partial charge on any atom is 0.309 e. The highest BCUT2D eigenvalue weighted by Gasteiger charge is 2.68. The molecular weight excluding hydrogens is 640 g/mol. The Labute approximate surface area is 288 Å². The summed E-state index contributed by atoms with van der Waals surface area (Å²) in [5.74, 6) is -8.89. The van der Waals surface area contributed by atoms with Gasteiger partial charge < -0.3 is 33.9 Å². The molecule has 49 heavy (non-hydrogen) atoms. The van der Waals surface area contributed by atoms with Crippen molar-refractivity contribution in [2.75, 3.05) is 0 Å². The average molecular weight is 695 g/mol. The molecule has 0 amide bonds. The van der Waals surface area contributed by atoms with Crippen molar-refractivity contribution in [3.63, 3.8) is 0 Å². The molecule has 2 aliphatic carbocycles. The van der Waals surface area contributed by atoms with Gasteiger partial charge in [-0.25, -0.2) is 0 Å². The van der Waals surface area contributed by atoms with Gasteiger partial charge in [0.05, 0.1) is 17.8 Å². The van der Waals surface area contributed by atoms with Crippen molar-refractivity contribution in [3.8, 4) is 0 Å². The molecule has 13 nitrogen and oxygen atoms in total. The van der Waals surface area contributed by atoms with Crippen molar-refractivity contribution in [2.45, 2.75) is 137 Å². The number of carbonyl (C=O) groups is 6. The molecule has 1 saturated carbocycles. The molecule has 11 unspecified atom stereocenters. The van der Waals surface area contributed by atoms with E-state index in [0.717, 1.165) is 20.8 Å². The first-order valence-electron chi connectivity index (χ1n) is 16.7. The van der Waals surface area contributed by atoms with Gasteiger partial charge >= 0.3 is 29.8 Å². The molecule has 0 aliphatic heterocycles. The second kappa shape index (κ2) is 16.0. The summed E-state index contributed by atoms with van der Waals surface area (Å²) < 4.78 is 28.9. The van der Waals surface area contributed by atoms with E-state index in [-0.39, 0.29) is 5.57 Å². The zero-order valence-corrected chi connectivity index (χ0v) is 30.6. The maximum absolute atomic E-state index is 14.4. The van der Waals surface area contributed by atoms with Crippen LogP contribution in [0.3, 0.4) is 0 Å². The first-order valence-corrected chi connectivity index (χ1v) is 16.7. The molecule has 0 aromatic rings. The number of rotatable bonds is 9. The number of esters is 5. The lowest BCUT2D eigenvalue weighted by Gasteiger charge is -2.43. The summed E-state index contributed by atoms with van der Waals surface area (Å²) in [4.78, 5) is 78.7. The monoisotopic (exact) mass is 694 g/mol. The summed E-state index contributed by atoms with van der Waals surface area (Å²) in [6.07, 6.45) is -5.17. The number of hydrogen-bond acceptors (Lipinski definition) is 13. The molecule has 0 bridgehead atoms. The predicted molar refractivity (Wildman–Crippen MR) is 175 cm³/mol. The van der Waals surface area contributed by atoms with E-state index in [0.29, 0.717) is 12.8 Å². The van der Waals surface area contributed by atoms with Crippen molar-refractivity contribution in [2.24, 2.45) is 29.1 Å². The fourth-order valence-electron chi connectivity index (χ4n) is 6.41. The topological polar surface area (TPSA) is 189 Å². The number of hydrogen-bond donors (Lipinski definition) is 2. The Morgan fingerprint density at radius 2 is 1.39 bits per heavy atom. The van der Waals surface area contributed by atoms with Gasteiger partial charge in [-0.15, -0.1) is 0 Å². The van der Waals surface area contributed by atoms with E-state index in [1.54, 1.807) is 47.6 Å². The van der Waals surface area contributed by atoms with Gasteiger partial charge in [-0.3, -0.25) is 28.8 Å². The average Bonchev–Trinajstić information content (AvgIpc) is 3.20. The second-order valence-corrected chi connectivity index (χ2v) is 14.3. The number of aliphatic hydroxyl groups is 2. The number of carbonyl (C=O) groups excluding carboxylic acids is 6. The molecule has 0 radical (unpaired) electrons. The lowest BCUT2D eigenvalue weighted by molar-refractivity contribution is -0.192. The molecule has 11 atom stereocenters. The number of aliphatic hydroxyl groups excluding tert-OH is 1. The Balaban J connectivity index is 3.08. The van der Waals surface area contributed by atoms with E-state index >= 15 is 0 Å². The van der Waals surface area contributed by atoms with Crippen LogP contribution >= 0.6 is 0 Å². The molecule has 0 spiro atoms. The van der Waals surface area contributed by atoms with Crippen LogP contribution in [0, 0.1) is 29.1 Å². The van der Waals surface area contributed by atoms with E-state index in [1.165, 1.54) is 19.9 Å². The third-order valence-corrected chi connectivity index (χ3v) is 9.67. The number of ketones is 1. The van der Waals surface area contributed by atoms with Crippen LogP contribution in [0.1, 0.15) is 95.4 Å². The lowest BCUT2D eigenvalue weighted by Crippen LogP contribution is -2.58. The Morgan fingerprint density at radius 1 is 0.878 bits per heavy atom. The molecule has 0 saturated heterocycles. The largest absolute Gasteiger partial charge is 0.458 e. The number of Topliss-reactive ketones (excluding diaryl/α,β-unsaturated/α-hetero) is 1. The smallest absolute Gasteiger partial charge is 0.309 e. The van der Waals surface area contributed by atoms with Gasteiger partial charge in [-0.1, -0.05) is 67.2 Å². The van der Waals surface area contributed by atoms with Crippen molar-refractivity contribution in [1.29, 1.82) is 0 Å². The Morgan fingerprint density at radius 3 is 1.88 bits per heavy atom. The van der Waals surface area contributed by atoms with Crippen LogP contribution < -0.4 is 0 Å². The van der Waals surface area contributed by atoms with E-state index in [1.807, 2.05) is 0 Å². The number of fused-ring (bicyclic) bond motifs is 1. The van der Waals surface area contributed by atoms with E-state index < -0.39 is 113 Å². The molecule has 0 heterocycles. The summed E-state index contributed by atoms with van der Waals surface area (Å²) in [6.45, 7) is 20.2. The quantitative estimate of drug-likeness (QED) is 0.203. The summed E-state index contributed by atoms with van der Waals surface area (Å²) in [6, 6.07) is 0. The van der Waals surface area contributed by atoms with E-state index in [4.69, 9.17) is 23.7 Å². The molecule has 2 aliphatic rings. The summed E-state index contributed by atoms with van der Waals surface area (Å²) in [5, 5.41) is 24.5. The summed E-state index contributed by atoms with van der Waals surface area (Å²) >= 11 is 0. The van der Waals surface area contributed by atoms with Crippen LogP contribution in [0.5, 0.6) is 0 Å². The standard InChI is InChI=1S/C36H54O13/c1-13-18(3)32(42)48-26-21(6)27(45-22(7)37)28(46-23(8)38)31(47-24(9)39)34(10,11)16-15-20(5)29(40)36(44)17-35(12,30(41)25(26)36)49-33(43)19(4)14-2/h15-16,18-20,25-28,30-31,41,44H,6,13-14,17H2,1-5,7-12H3. The highest BCUT2D eigenvalue weighted by molar-refractivity contribution is 5.92. The lowest BCUT2D eigenvalue weighted by atomic mass is 9.72. The van der Waals surface area contributed by atoms with Gasteiger partial charge in [-0.05, 0) is 19.8 Å². The second-order valence-electron chi connectivity index (χ2n) is 14.3. The molecule has 276 valence electrons. The predicted octanol–water partition coefficient (Wildman–Crippen LogP) is 3.56. The molecule has 0 aromatic carbocycles. The van der Waals surface area contributed by atoms with E-state index in [2.05, 4.69) is 6.58 Å². The van der Waals surface area contributed by atoms with Crippen LogP contribution in [0.2, 0.25) is 0 Å². The van der Waals surface area contributed by atoms with Crippen LogP contribution in [0.25, 0.3) is 0 Å². The number of ether oxygens (including phenoxy) is 5. The van der Waals surface area contributed by atoms with Crippen molar-refractivity contribution >= 4 is 35.6 Å². The Hall–Kier alpha value is -3.58. The van der Waals surface area contributed by atoms with Crippen LogP contribution in [0.4, 0.5) is 0 Å². The molecule has 13 heteroatoms. The van der Waals surface area contributed by atoms with Gasteiger partial charge in [0.2, 0.25) is 0 Å². The van der Waals surface area contributed by atoms with Gasteiger partial charge in [0.1, 0.15) is 23.4 Å². The summed E-state index contributed by atoms with van der Waals surface area (Å²) in [5.41, 5.74) is -5.89. The van der Waals surface area contributed by atoms with Gasteiger partial charge in [0.25, 0.3) is 0 Å². The third-order valence-electron chi connectivity index (χ3n) is 9.67. The maximum atomic E-state index is 14.4. The zero-order valence-electron chi connectivity index (χ0n) is 30.6. The zero-order chi connectivity index (χ0) is 37.8. The number of allylic oxidation sites excluding steroid dienone is 1. The van der Waals surface area contributed by atoms with Crippen LogP contribution in [0.15, 0.2) is 24.3 Å². The Bertz CT molecular complexity index is 1330. The molecular formula is C36H54O13. The van der Waals surface area contributed by atoms with Crippen molar-refractivity contribution in [3.05, 3.63) is 24.3 Å². The molecule has 0 aromatic heterocycles. The fourth-order valence-corrected chi connectivity index (χ4v) is 6.41. The van der Waals surface area contributed by atoms with Gasteiger partial charge in [0.15, 0.2) is 24.1 Å². The normalized spacial score (nSPS) is 34.3. The van der Waals surface area contributed by atoms with Crippen LogP contribution in [-0.2, 0) is 52.5 Å². The van der Waals surface area contributed by atoms with Gasteiger partial charge in [0, 0.05) is 44.1 Å². The van der Waals surface area contributed by atoms with E-state index in [9.17, 15) is 39.0 Å². The first kappa shape index (κ1) is 41.6. The van der Waals surface area contributed by atoms with Gasteiger partial charge in [-0.2, -0.15) is 0 Å². The third kappa shape index (κ3) is 9.16. The highest BCUT2D eigenvalue weighted by Crippen LogP contribution is 2.51. The SMILES string of the molecule is C=C1C(OC(C)=O)C(OC(C)=O)C(OC(C)=O)C(C)(C)C=CC(C)C(=O)C2(O)CC(C)(OC(=O)C(C)CC)C(O)C2C1OC(=O)C(C)CC. The molecule has 2 N–H and O–H groups in total. The van der Waals surface area contributed by atoms with Crippen molar-refractivity contribution < 1.29 is 62.7 Å². The Kier molecular flexibility index (Phi) is 13.6. The molecule has 2 rings (SSSR count).